The fourth-order valence-corrected chi connectivity index (χ4v) is 4.87. The summed E-state index contributed by atoms with van der Waals surface area (Å²) in [7, 11) is 0. The third-order valence-electron chi connectivity index (χ3n) is 6.63. The van der Waals surface area contributed by atoms with E-state index in [4.69, 9.17) is 0 Å². The Labute approximate surface area is 198 Å². The number of rotatable bonds is 6. The van der Waals surface area contributed by atoms with E-state index in [9.17, 15) is 14.4 Å². The molecule has 3 aromatic rings. The summed E-state index contributed by atoms with van der Waals surface area (Å²) in [6.45, 7) is 2.30. The molecule has 2 heterocycles. The van der Waals surface area contributed by atoms with Crippen LogP contribution in [0.2, 0.25) is 0 Å². The van der Waals surface area contributed by atoms with Gasteiger partial charge in [-0.15, -0.1) is 0 Å². The van der Waals surface area contributed by atoms with Gasteiger partial charge in [0.15, 0.2) is 0 Å². The molecule has 172 valence electrons. The number of hydrogen-bond acceptors (Lipinski definition) is 4. The van der Waals surface area contributed by atoms with Gasteiger partial charge in [-0.25, -0.2) is 4.79 Å². The lowest BCUT2D eigenvalue weighted by molar-refractivity contribution is -0.134. The molecule has 2 aliphatic heterocycles. The first-order valence-electron chi connectivity index (χ1n) is 11.5. The molecule has 5 rings (SSSR count). The lowest BCUT2D eigenvalue weighted by Crippen LogP contribution is -2.44. The highest BCUT2D eigenvalue weighted by Gasteiger charge is 2.51. The second-order valence-corrected chi connectivity index (χ2v) is 8.54. The first kappa shape index (κ1) is 21.7. The summed E-state index contributed by atoms with van der Waals surface area (Å²) in [6.07, 6.45) is 1.32. The second kappa shape index (κ2) is 8.67. The fraction of sp³-hybridized carbons (Fsp3) is 0.222. The minimum atomic E-state index is -1.16. The molecule has 0 bridgehead atoms. The molecule has 3 aromatic carbocycles. The van der Waals surface area contributed by atoms with Crippen LogP contribution in [0.15, 0.2) is 78.9 Å². The number of para-hydroxylation sites is 3. The van der Waals surface area contributed by atoms with Gasteiger partial charge >= 0.3 is 6.03 Å². The summed E-state index contributed by atoms with van der Waals surface area (Å²) in [5.41, 5.74) is 3.45. The predicted molar refractivity (Wildman–Crippen MR) is 131 cm³/mol. The van der Waals surface area contributed by atoms with Gasteiger partial charge in [-0.2, -0.15) is 0 Å². The summed E-state index contributed by atoms with van der Waals surface area (Å²) < 4.78 is 0. The van der Waals surface area contributed by atoms with Gasteiger partial charge in [0.25, 0.3) is 5.91 Å². The number of carbonyl (C=O) groups excluding carboxylic acids is 3. The van der Waals surface area contributed by atoms with E-state index in [0.29, 0.717) is 17.7 Å². The molecule has 0 radical (unpaired) electrons. The Morgan fingerprint density at radius 3 is 2.38 bits per heavy atom. The van der Waals surface area contributed by atoms with Crippen molar-refractivity contribution < 1.29 is 14.4 Å². The van der Waals surface area contributed by atoms with E-state index in [1.807, 2.05) is 73.7 Å². The topological polar surface area (TPSA) is 81.8 Å². The van der Waals surface area contributed by atoms with E-state index < -0.39 is 23.4 Å². The Morgan fingerprint density at radius 1 is 0.941 bits per heavy atom. The van der Waals surface area contributed by atoms with Crippen molar-refractivity contribution in [3.63, 3.8) is 0 Å². The molecule has 1 saturated heterocycles. The molecule has 2 aliphatic rings. The van der Waals surface area contributed by atoms with Crippen molar-refractivity contribution in [2.24, 2.45) is 0 Å². The first-order valence-corrected chi connectivity index (χ1v) is 11.5. The Balaban J connectivity index is 1.35. The third kappa shape index (κ3) is 3.59. The van der Waals surface area contributed by atoms with Crippen molar-refractivity contribution >= 4 is 34.9 Å². The van der Waals surface area contributed by atoms with Crippen molar-refractivity contribution in [1.29, 1.82) is 0 Å². The number of carbonyl (C=O) groups is 3. The quantitative estimate of drug-likeness (QED) is 0.548. The maximum Gasteiger partial charge on any atom is 0.325 e. The predicted octanol–water partition coefficient (Wildman–Crippen LogP) is 4.18. The fourth-order valence-electron chi connectivity index (χ4n) is 4.87. The molecular formula is C27H26N4O3. The Hall–Kier alpha value is -4.13. The molecule has 0 aliphatic carbocycles. The number of benzene rings is 3. The van der Waals surface area contributed by atoms with Gasteiger partial charge in [-0.1, -0.05) is 67.6 Å². The zero-order valence-electron chi connectivity index (χ0n) is 19.0. The number of nitrogens with one attached hydrogen (secondary N) is 2. The molecule has 34 heavy (non-hydrogen) atoms. The van der Waals surface area contributed by atoms with Crippen LogP contribution in [0.1, 0.15) is 24.5 Å². The summed E-state index contributed by atoms with van der Waals surface area (Å²) >= 11 is 0. The zero-order chi connectivity index (χ0) is 23.7. The van der Waals surface area contributed by atoms with Crippen LogP contribution in [0.25, 0.3) is 0 Å². The smallest absolute Gasteiger partial charge is 0.325 e. The minimum absolute atomic E-state index is 0.357. The maximum atomic E-state index is 13.3. The molecule has 0 spiro atoms. The normalized spacial score (nSPS) is 19.2. The molecule has 0 saturated carbocycles. The van der Waals surface area contributed by atoms with Gasteiger partial charge in [-0.05, 0) is 42.2 Å². The molecule has 7 nitrogen and oxygen atoms in total. The lowest BCUT2D eigenvalue weighted by Gasteiger charge is -2.26. The molecule has 1 atom stereocenters. The van der Waals surface area contributed by atoms with Crippen LogP contribution in [0, 0.1) is 0 Å². The molecule has 2 N–H and O–H groups in total. The van der Waals surface area contributed by atoms with Gasteiger partial charge in [-0.3, -0.25) is 14.5 Å². The van der Waals surface area contributed by atoms with Gasteiger partial charge < -0.3 is 15.5 Å². The van der Waals surface area contributed by atoms with Crippen molar-refractivity contribution in [3.8, 4) is 0 Å². The maximum absolute atomic E-state index is 13.3. The summed E-state index contributed by atoms with van der Waals surface area (Å²) in [6, 6.07) is 24.4. The molecular weight excluding hydrogens is 428 g/mol. The van der Waals surface area contributed by atoms with E-state index in [1.54, 1.807) is 0 Å². The van der Waals surface area contributed by atoms with Crippen molar-refractivity contribution in [3.05, 3.63) is 90.0 Å². The van der Waals surface area contributed by atoms with E-state index in [1.165, 1.54) is 5.56 Å². The SMILES string of the molecule is CCC1(c2ccccc2)NC(=O)N(CC(=O)Nc2ccccc2N2CCc3ccccc32)C1=O. The average Bonchev–Trinajstić information content (AvgIpc) is 3.40. The Morgan fingerprint density at radius 2 is 1.62 bits per heavy atom. The highest BCUT2D eigenvalue weighted by atomic mass is 16.2. The largest absolute Gasteiger partial charge is 0.339 e. The highest BCUT2D eigenvalue weighted by Crippen LogP contribution is 2.38. The van der Waals surface area contributed by atoms with Crippen LogP contribution in [0.3, 0.4) is 0 Å². The zero-order valence-corrected chi connectivity index (χ0v) is 19.0. The number of anilines is 3. The Bertz CT molecular complexity index is 1260. The van der Waals surface area contributed by atoms with Crippen molar-refractivity contribution in [1.82, 2.24) is 10.2 Å². The van der Waals surface area contributed by atoms with E-state index in [-0.39, 0.29) is 6.54 Å². The van der Waals surface area contributed by atoms with Gasteiger partial charge in [0.05, 0.1) is 11.4 Å². The Kier molecular flexibility index (Phi) is 5.53. The van der Waals surface area contributed by atoms with Gasteiger partial charge in [0.2, 0.25) is 5.91 Å². The summed E-state index contributed by atoms with van der Waals surface area (Å²) in [5.74, 6) is -0.841. The lowest BCUT2D eigenvalue weighted by atomic mass is 9.87. The van der Waals surface area contributed by atoms with Crippen LogP contribution in [-0.4, -0.2) is 35.8 Å². The second-order valence-electron chi connectivity index (χ2n) is 8.54. The van der Waals surface area contributed by atoms with Crippen LogP contribution >= 0.6 is 0 Å². The molecule has 7 heteroatoms. The average molecular weight is 455 g/mol. The molecule has 1 unspecified atom stereocenters. The van der Waals surface area contributed by atoms with Gasteiger partial charge in [0, 0.05) is 12.2 Å². The van der Waals surface area contributed by atoms with E-state index in [2.05, 4.69) is 27.7 Å². The summed E-state index contributed by atoms with van der Waals surface area (Å²) in [5, 5.41) is 5.74. The van der Waals surface area contributed by atoms with Crippen molar-refractivity contribution in [2.45, 2.75) is 25.3 Å². The standard InChI is InChI=1S/C27H26N4O3/c1-2-27(20-11-4-3-5-12-20)25(33)31(26(34)29-27)18-24(32)28-21-13-7-9-15-23(21)30-17-16-19-10-6-8-14-22(19)30/h3-15H,2,16-18H2,1H3,(H,28,32)(H,29,34). The minimum Gasteiger partial charge on any atom is -0.339 e. The first-order chi connectivity index (χ1) is 16.5. The van der Waals surface area contributed by atoms with Crippen molar-refractivity contribution in [2.75, 3.05) is 23.3 Å². The monoisotopic (exact) mass is 454 g/mol. The van der Waals surface area contributed by atoms with Crippen LogP contribution < -0.4 is 15.5 Å². The van der Waals surface area contributed by atoms with Gasteiger partial charge in [0.1, 0.15) is 12.1 Å². The van der Waals surface area contributed by atoms with E-state index >= 15 is 0 Å². The van der Waals surface area contributed by atoms with Crippen LogP contribution in [0.4, 0.5) is 21.9 Å². The number of fused-ring (bicyclic) bond motifs is 1. The molecule has 4 amide bonds. The van der Waals surface area contributed by atoms with E-state index in [0.717, 1.165) is 29.2 Å². The van der Waals surface area contributed by atoms with Crippen LogP contribution in [0.5, 0.6) is 0 Å². The number of nitrogens with zero attached hydrogens (tertiary/aromatic N) is 2. The number of imide groups is 1. The third-order valence-corrected chi connectivity index (χ3v) is 6.63. The number of urea groups is 1. The molecule has 1 fully saturated rings. The summed E-state index contributed by atoms with van der Waals surface area (Å²) in [4.78, 5) is 42.2. The highest BCUT2D eigenvalue weighted by molar-refractivity contribution is 6.10. The number of amides is 4. The van der Waals surface area contributed by atoms with Crippen LogP contribution in [-0.2, 0) is 21.5 Å². The molecule has 0 aromatic heterocycles. The number of hydrogen-bond donors (Lipinski definition) is 2.